The Kier molecular flexibility index (Phi) is 1.83. The molecule has 0 saturated carbocycles. The molecule has 1 unspecified atom stereocenters. The van der Waals surface area contributed by atoms with Crippen LogP contribution in [0, 0.1) is 0 Å². The minimum absolute atomic E-state index is 0.121. The molecule has 0 aromatic heterocycles. The van der Waals surface area contributed by atoms with E-state index in [1.54, 1.807) is 0 Å². The third-order valence-corrected chi connectivity index (χ3v) is 3.24. The quantitative estimate of drug-likeness (QED) is 0.505. The van der Waals surface area contributed by atoms with Crippen LogP contribution in [-0.2, 0) is 24.1 Å². The summed E-state index contributed by atoms with van der Waals surface area (Å²) in [5.74, 6) is 0.629. The number of carbonyl (C=O) groups is 1. The summed E-state index contributed by atoms with van der Waals surface area (Å²) in [6.07, 6.45) is 3.19. The molecule has 15 heavy (non-hydrogen) atoms. The second kappa shape index (κ2) is 3.07. The summed E-state index contributed by atoms with van der Waals surface area (Å²) in [4.78, 5) is 11.1. The summed E-state index contributed by atoms with van der Waals surface area (Å²) in [7, 11) is 0. The zero-order chi connectivity index (χ0) is 10.4. The summed E-state index contributed by atoms with van der Waals surface area (Å²) in [5, 5.41) is 0. The van der Waals surface area contributed by atoms with Gasteiger partial charge in [-0.3, -0.25) is 4.79 Å². The van der Waals surface area contributed by atoms with E-state index in [4.69, 9.17) is 10.5 Å². The molecule has 0 spiro atoms. The molecular weight excluding hydrogens is 190 g/mol. The number of fused-ring (bicyclic) bond motifs is 3. The van der Waals surface area contributed by atoms with Gasteiger partial charge >= 0.3 is 5.97 Å². The highest BCUT2D eigenvalue weighted by Crippen LogP contribution is 2.34. The minimum Gasteiger partial charge on any atom is -0.426 e. The number of hydrogen-bond acceptors (Lipinski definition) is 3. The summed E-state index contributed by atoms with van der Waals surface area (Å²) >= 11 is 0. The van der Waals surface area contributed by atoms with Gasteiger partial charge in [0.15, 0.2) is 0 Å². The fourth-order valence-electron chi connectivity index (χ4n) is 2.55. The average Bonchev–Trinajstić information content (AvgIpc) is 2.58. The minimum atomic E-state index is -0.121. The zero-order valence-electron chi connectivity index (χ0n) is 8.45. The standard InChI is InChI=1S/C12H13NO2/c13-8-5-7-1-3-11-9(10(7)6-8)2-4-12(14)15-11/h1,3,8H,2,4-6,13H2. The topological polar surface area (TPSA) is 52.3 Å². The maximum Gasteiger partial charge on any atom is 0.311 e. The Hall–Kier alpha value is -1.35. The van der Waals surface area contributed by atoms with Crippen molar-refractivity contribution in [3.63, 3.8) is 0 Å². The maximum atomic E-state index is 11.1. The lowest BCUT2D eigenvalue weighted by Gasteiger charge is -2.18. The van der Waals surface area contributed by atoms with Crippen LogP contribution >= 0.6 is 0 Å². The Bertz CT molecular complexity index is 439. The molecule has 3 nitrogen and oxygen atoms in total. The number of rotatable bonds is 0. The van der Waals surface area contributed by atoms with Crippen LogP contribution in [0.2, 0.25) is 0 Å². The van der Waals surface area contributed by atoms with E-state index in [1.807, 2.05) is 12.1 Å². The van der Waals surface area contributed by atoms with Gasteiger partial charge in [-0.1, -0.05) is 6.07 Å². The van der Waals surface area contributed by atoms with Crippen molar-refractivity contribution in [2.75, 3.05) is 0 Å². The monoisotopic (exact) mass is 203 g/mol. The molecule has 0 fully saturated rings. The predicted octanol–water partition coefficient (Wildman–Crippen LogP) is 0.964. The van der Waals surface area contributed by atoms with Gasteiger partial charge in [0.05, 0.1) is 6.42 Å². The first-order valence-electron chi connectivity index (χ1n) is 5.34. The fraction of sp³-hybridized carbons (Fsp3) is 0.417. The fourth-order valence-corrected chi connectivity index (χ4v) is 2.55. The number of carbonyl (C=O) groups excluding carboxylic acids is 1. The van der Waals surface area contributed by atoms with Crippen molar-refractivity contribution in [2.45, 2.75) is 31.7 Å². The molecule has 2 N–H and O–H groups in total. The molecule has 3 heteroatoms. The van der Waals surface area contributed by atoms with Crippen LogP contribution < -0.4 is 10.5 Å². The van der Waals surface area contributed by atoms with Crippen LogP contribution in [0.15, 0.2) is 12.1 Å². The summed E-state index contributed by atoms with van der Waals surface area (Å²) in [6, 6.07) is 4.19. The third-order valence-electron chi connectivity index (χ3n) is 3.24. The highest BCUT2D eigenvalue weighted by atomic mass is 16.5. The molecular formula is C12H13NO2. The Labute approximate surface area is 88.2 Å². The SMILES string of the molecule is NC1Cc2ccc3c(c2C1)CCC(=O)O3. The molecule has 0 amide bonds. The number of esters is 1. The normalized spacial score (nSPS) is 23.3. The molecule has 3 rings (SSSR count). The lowest BCUT2D eigenvalue weighted by Crippen LogP contribution is -2.20. The summed E-state index contributed by atoms with van der Waals surface area (Å²) in [6.45, 7) is 0. The van der Waals surface area contributed by atoms with E-state index < -0.39 is 0 Å². The Balaban J connectivity index is 2.10. The molecule has 0 bridgehead atoms. The highest BCUT2D eigenvalue weighted by molar-refractivity contribution is 5.76. The van der Waals surface area contributed by atoms with Crippen molar-refractivity contribution < 1.29 is 9.53 Å². The van der Waals surface area contributed by atoms with Gasteiger partial charge in [0.25, 0.3) is 0 Å². The van der Waals surface area contributed by atoms with Crippen LogP contribution in [0.1, 0.15) is 23.1 Å². The summed E-state index contributed by atoms with van der Waals surface area (Å²) in [5.41, 5.74) is 9.81. The second-order valence-electron chi connectivity index (χ2n) is 4.32. The van der Waals surface area contributed by atoms with Crippen LogP contribution in [0.4, 0.5) is 0 Å². The van der Waals surface area contributed by atoms with Crippen LogP contribution in [0.3, 0.4) is 0 Å². The van der Waals surface area contributed by atoms with Crippen LogP contribution in [0.5, 0.6) is 5.75 Å². The molecule has 0 radical (unpaired) electrons. The molecule has 1 heterocycles. The lowest BCUT2D eigenvalue weighted by atomic mass is 9.97. The van der Waals surface area contributed by atoms with Gasteiger partial charge in [-0.05, 0) is 42.0 Å². The number of ether oxygens (including phenoxy) is 1. The van der Waals surface area contributed by atoms with Gasteiger partial charge < -0.3 is 10.5 Å². The van der Waals surface area contributed by atoms with E-state index in [0.29, 0.717) is 6.42 Å². The molecule has 78 valence electrons. The average molecular weight is 203 g/mol. The highest BCUT2D eigenvalue weighted by Gasteiger charge is 2.26. The second-order valence-corrected chi connectivity index (χ2v) is 4.32. The van der Waals surface area contributed by atoms with Gasteiger partial charge in [-0.25, -0.2) is 0 Å². The van der Waals surface area contributed by atoms with Crippen molar-refractivity contribution in [2.24, 2.45) is 5.73 Å². The molecule has 2 aliphatic rings. The van der Waals surface area contributed by atoms with Crippen molar-refractivity contribution in [1.82, 2.24) is 0 Å². The van der Waals surface area contributed by atoms with Gasteiger partial charge in [0.1, 0.15) is 5.75 Å². The molecule has 0 saturated heterocycles. The zero-order valence-corrected chi connectivity index (χ0v) is 8.45. The van der Waals surface area contributed by atoms with Crippen LogP contribution in [-0.4, -0.2) is 12.0 Å². The number of nitrogens with two attached hydrogens (primary N) is 1. The lowest BCUT2D eigenvalue weighted by molar-refractivity contribution is -0.135. The molecule has 1 aromatic rings. The number of benzene rings is 1. The van der Waals surface area contributed by atoms with Crippen molar-refractivity contribution >= 4 is 5.97 Å². The maximum absolute atomic E-state index is 11.1. The van der Waals surface area contributed by atoms with Crippen LogP contribution in [0.25, 0.3) is 0 Å². The first-order chi connectivity index (χ1) is 7.24. The van der Waals surface area contributed by atoms with Crippen molar-refractivity contribution in [1.29, 1.82) is 0 Å². The van der Waals surface area contributed by atoms with E-state index in [-0.39, 0.29) is 12.0 Å². The smallest absolute Gasteiger partial charge is 0.311 e. The first-order valence-corrected chi connectivity index (χ1v) is 5.34. The van der Waals surface area contributed by atoms with E-state index in [1.165, 1.54) is 16.7 Å². The van der Waals surface area contributed by atoms with E-state index in [2.05, 4.69) is 0 Å². The van der Waals surface area contributed by atoms with E-state index >= 15 is 0 Å². The van der Waals surface area contributed by atoms with E-state index in [0.717, 1.165) is 25.0 Å². The molecule has 1 atom stereocenters. The Morgan fingerprint density at radius 2 is 2.07 bits per heavy atom. The van der Waals surface area contributed by atoms with Crippen molar-refractivity contribution in [3.05, 3.63) is 28.8 Å². The van der Waals surface area contributed by atoms with Crippen molar-refractivity contribution in [3.8, 4) is 5.75 Å². The first kappa shape index (κ1) is 8.92. The third kappa shape index (κ3) is 1.35. The van der Waals surface area contributed by atoms with E-state index in [9.17, 15) is 4.79 Å². The largest absolute Gasteiger partial charge is 0.426 e. The molecule has 1 aliphatic heterocycles. The molecule has 1 aromatic carbocycles. The van der Waals surface area contributed by atoms with Gasteiger partial charge in [-0.15, -0.1) is 0 Å². The van der Waals surface area contributed by atoms with Gasteiger partial charge in [0.2, 0.25) is 0 Å². The van der Waals surface area contributed by atoms with Gasteiger partial charge in [0, 0.05) is 6.04 Å². The molecule has 1 aliphatic carbocycles. The van der Waals surface area contributed by atoms with Gasteiger partial charge in [-0.2, -0.15) is 0 Å². The summed E-state index contributed by atoms with van der Waals surface area (Å²) < 4.78 is 5.21. The Morgan fingerprint density at radius 1 is 1.20 bits per heavy atom. The Morgan fingerprint density at radius 3 is 2.93 bits per heavy atom. The predicted molar refractivity (Wildman–Crippen MR) is 55.8 cm³/mol. The number of hydrogen-bond donors (Lipinski definition) is 1.